The Labute approximate surface area is 157 Å². The highest BCUT2D eigenvalue weighted by atomic mass is 19.2. The van der Waals surface area contributed by atoms with Crippen molar-refractivity contribution >= 4 is 16.9 Å². The SMILES string of the molecule is CC(NC(=O)c1cnc2c(c1)c(=O)[nH]c(=O)n2C1CC1)c1ccc(F)c(F)c1. The summed E-state index contributed by atoms with van der Waals surface area (Å²) in [7, 11) is 0. The van der Waals surface area contributed by atoms with Crippen LogP contribution in [0, 0.1) is 11.6 Å². The number of rotatable bonds is 4. The predicted molar refractivity (Wildman–Crippen MR) is 97.1 cm³/mol. The lowest BCUT2D eigenvalue weighted by Crippen LogP contribution is -2.31. The van der Waals surface area contributed by atoms with Gasteiger partial charge in [-0.15, -0.1) is 0 Å². The number of hydrogen-bond acceptors (Lipinski definition) is 4. The number of carbonyl (C=O) groups is 1. The van der Waals surface area contributed by atoms with E-state index in [1.165, 1.54) is 22.9 Å². The maximum absolute atomic E-state index is 13.4. The van der Waals surface area contributed by atoms with Gasteiger partial charge in [-0.25, -0.2) is 18.6 Å². The first-order chi connectivity index (χ1) is 13.3. The first kappa shape index (κ1) is 18.0. The summed E-state index contributed by atoms with van der Waals surface area (Å²) >= 11 is 0. The Morgan fingerprint density at radius 1 is 1.25 bits per heavy atom. The van der Waals surface area contributed by atoms with Gasteiger partial charge in [0, 0.05) is 12.2 Å². The van der Waals surface area contributed by atoms with Crippen molar-refractivity contribution in [1.29, 1.82) is 0 Å². The molecule has 9 heteroatoms. The molecule has 1 aromatic carbocycles. The molecule has 2 aromatic heterocycles. The molecule has 1 atom stereocenters. The highest BCUT2D eigenvalue weighted by Gasteiger charge is 2.28. The van der Waals surface area contributed by atoms with Crippen molar-refractivity contribution in [2.75, 3.05) is 0 Å². The van der Waals surface area contributed by atoms with Crippen LogP contribution in [0.4, 0.5) is 8.78 Å². The smallest absolute Gasteiger partial charge is 0.330 e. The summed E-state index contributed by atoms with van der Waals surface area (Å²) in [5, 5.41) is 2.79. The van der Waals surface area contributed by atoms with Crippen LogP contribution < -0.4 is 16.6 Å². The molecule has 0 saturated heterocycles. The van der Waals surface area contributed by atoms with E-state index < -0.39 is 34.8 Å². The molecule has 4 rings (SSSR count). The van der Waals surface area contributed by atoms with Crippen LogP contribution in [0.1, 0.15) is 47.8 Å². The van der Waals surface area contributed by atoms with Crippen molar-refractivity contribution in [3.63, 3.8) is 0 Å². The predicted octanol–water partition coefficient (Wildman–Crippen LogP) is 2.19. The van der Waals surface area contributed by atoms with Crippen LogP contribution in [0.5, 0.6) is 0 Å². The van der Waals surface area contributed by atoms with Crippen molar-refractivity contribution in [3.05, 3.63) is 74.1 Å². The van der Waals surface area contributed by atoms with Crippen LogP contribution in [0.15, 0.2) is 40.1 Å². The number of pyridine rings is 1. The van der Waals surface area contributed by atoms with Gasteiger partial charge >= 0.3 is 5.69 Å². The first-order valence-corrected chi connectivity index (χ1v) is 8.75. The Kier molecular flexibility index (Phi) is 4.29. The monoisotopic (exact) mass is 386 g/mol. The number of fused-ring (bicyclic) bond motifs is 1. The molecule has 1 saturated carbocycles. The summed E-state index contributed by atoms with van der Waals surface area (Å²) in [5.41, 5.74) is -0.388. The molecule has 0 radical (unpaired) electrons. The molecule has 28 heavy (non-hydrogen) atoms. The van der Waals surface area contributed by atoms with Crippen LogP contribution in [0.3, 0.4) is 0 Å². The van der Waals surface area contributed by atoms with E-state index in [9.17, 15) is 23.2 Å². The lowest BCUT2D eigenvalue weighted by molar-refractivity contribution is 0.0939. The second-order valence-corrected chi connectivity index (χ2v) is 6.82. The summed E-state index contributed by atoms with van der Waals surface area (Å²) in [6.07, 6.45) is 2.95. The van der Waals surface area contributed by atoms with E-state index >= 15 is 0 Å². The zero-order chi connectivity index (χ0) is 20.0. The second kappa shape index (κ2) is 6.66. The molecule has 0 aliphatic heterocycles. The molecule has 144 valence electrons. The molecule has 1 fully saturated rings. The third-order valence-corrected chi connectivity index (χ3v) is 4.74. The minimum absolute atomic E-state index is 0.00687. The topological polar surface area (TPSA) is 96.8 Å². The molecule has 7 nitrogen and oxygen atoms in total. The number of nitrogens with zero attached hydrogens (tertiary/aromatic N) is 2. The lowest BCUT2D eigenvalue weighted by atomic mass is 10.1. The number of hydrogen-bond donors (Lipinski definition) is 2. The minimum atomic E-state index is -1.00. The van der Waals surface area contributed by atoms with Crippen LogP contribution in [-0.4, -0.2) is 20.4 Å². The maximum atomic E-state index is 13.4. The average molecular weight is 386 g/mol. The van der Waals surface area contributed by atoms with Gasteiger partial charge in [-0.3, -0.25) is 19.1 Å². The molecular formula is C19H16F2N4O3. The number of amides is 1. The minimum Gasteiger partial charge on any atom is -0.345 e. The summed E-state index contributed by atoms with van der Waals surface area (Å²) in [5.74, 6) is -2.51. The Morgan fingerprint density at radius 3 is 2.68 bits per heavy atom. The van der Waals surface area contributed by atoms with Gasteiger partial charge in [0.05, 0.1) is 17.0 Å². The van der Waals surface area contributed by atoms with Crippen LogP contribution in [0.2, 0.25) is 0 Å². The zero-order valence-corrected chi connectivity index (χ0v) is 14.8. The molecule has 1 aliphatic carbocycles. The molecule has 3 aromatic rings. The molecule has 1 aliphatic rings. The molecule has 1 amide bonds. The van der Waals surface area contributed by atoms with E-state index in [0.717, 1.165) is 25.0 Å². The number of aromatic nitrogens is 3. The van der Waals surface area contributed by atoms with Gasteiger partial charge in [-0.05, 0) is 43.5 Å². The fourth-order valence-electron chi connectivity index (χ4n) is 3.08. The summed E-state index contributed by atoms with van der Waals surface area (Å²) < 4.78 is 27.9. The number of H-pyrrole nitrogens is 1. The van der Waals surface area contributed by atoms with Crippen LogP contribution in [-0.2, 0) is 0 Å². The van der Waals surface area contributed by atoms with Crippen molar-refractivity contribution in [1.82, 2.24) is 19.9 Å². The van der Waals surface area contributed by atoms with Crippen molar-refractivity contribution in [3.8, 4) is 0 Å². The standard InChI is InChI=1S/C19H16F2N4O3/c1-9(10-2-5-14(20)15(21)7-10)23-17(26)11-6-13-16(22-8-11)25(12-3-4-12)19(28)24-18(13)27/h2,5-9,12H,3-4H2,1H3,(H,23,26)(H,24,27,28). The van der Waals surface area contributed by atoms with E-state index in [2.05, 4.69) is 15.3 Å². The Bertz CT molecular complexity index is 1210. The molecular weight excluding hydrogens is 370 g/mol. The zero-order valence-electron chi connectivity index (χ0n) is 14.8. The Morgan fingerprint density at radius 2 is 2.00 bits per heavy atom. The number of carbonyl (C=O) groups excluding carboxylic acids is 1. The average Bonchev–Trinajstić information content (AvgIpc) is 3.48. The van der Waals surface area contributed by atoms with E-state index in [1.54, 1.807) is 6.92 Å². The van der Waals surface area contributed by atoms with Crippen LogP contribution in [0.25, 0.3) is 11.0 Å². The van der Waals surface area contributed by atoms with Gasteiger partial charge in [0.1, 0.15) is 5.65 Å². The highest BCUT2D eigenvalue weighted by molar-refractivity contribution is 5.96. The second-order valence-electron chi connectivity index (χ2n) is 6.82. The Balaban J connectivity index is 1.65. The third-order valence-electron chi connectivity index (χ3n) is 4.74. The van der Waals surface area contributed by atoms with Crippen LogP contribution >= 0.6 is 0 Å². The third kappa shape index (κ3) is 3.19. The number of halogens is 2. The number of nitrogens with one attached hydrogen (secondary N) is 2. The fraction of sp³-hybridized carbons (Fsp3) is 0.263. The number of aromatic amines is 1. The van der Waals surface area contributed by atoms with E-state index in [1.807, 2.05) is 0 Å². The van der Waals surface area contributed by atoms with Gasteiger partial charge in [-0.1, -0.05) is 6.07 Å². The first-order valence-electron chi connectivity index (χ1n) is 8.75. The molecule has 0 bridgehead atoms. The van der Waals surface area contributed by atoms with Gasteiger partial charge in [0.15, 0.2) is 11.6 Å². The summed E-state index contributed by atoms with van der Waals surface area (Å²) in [6.45, 7) is 1.62. The quantitative estimate of drug-likeness (QED) is 0.718. The Hall–Kier alpha value is -3.36. The molecule has 1 unspecified atom stereocenters. The summed E-state index contributed by atoms with van der Waals surface area (Å²) in [4.78, 5) is 43.2. The highest BCUT2D eigenvalue weighted by Crippen LogP contribution is 2.34. The van der Waals surface area contributed by atoms with Crippen molar-refractivity contribution in [2.45, 2.75) is 31.8 Å². The van der Waals surface area contributed by atoms with E-state index in [-0.39, 0.29) is 22.6 Å². The van der Waals surface area contributed by atoms with Gasteiger partial charge in [-0.2, -0.15) is 0 Å². The largest absolute Gasteiger partial charge is 0.345 e. The lowest BCUT2D eigenvalue weighted by Gasteiger charge is -2.15. The van der Waals surface area contributed by atoms with E-state index in [0.29, 0.717) is 5.56 Å². The van der Waals surface area contributed by atoms with Gasteiger partial charge in [0.2, 0.25) is 0 Å². The van der Waals surface area contributed by atoms with E-state index in [4.69, 9.17) is 0 Å². The summed E-state index contributed by atoms with van der Waals surface area (Å²) in [6, 6.07) is 4.15. The van der Waals surface area contributed by atoms with Gasteiger partial charge in [0.25, 0.3) is 11.5 Å². The van der Waals surface area contributed by atoms with Crippen molar-refractivity contribution < 1.29 is 13.6 Å². The number of benzene rings is 1. The molecule has 2 heterocycles. The maximum Gasteiger partial charge on any atom is 0.330 e. The van der Waals surface area contributed by atoms with Gasteiger partial charge < -0.3 is 5.32 Å². The molecule has 0 spiro atoms. The molecule has 2 N–H and O–H groups in total. The van der Waals surface area contributed by atoms with Crippen molar-refractivity contribution in [2.24, 2.45) is 0 Å². The normalized spacial score (nSPS) is 14.8. The fourth-order valence-corrected chi connectivity index (χ4v) is 3.08.